The van der Waals surface area contributed by atoms with E-state index in [1.54, 1.807) is 27.7 Å². The van der Waals surface area contributed by atoms with Gasteiger partial charge in [-0.2, -0.15) is 0 Å². The van der Waals surface area contributed by atoms with Crippen LogP contribution in [0, 0.1) is 27.7 Å². The first-order valence-corrected chi connectivity index (χ1v) is 11.9. The molecule has 0 bridgehead atoms. The van der Waals surface area contributed by atoms with Crippen molar-refractivity contribution >= 4 is 56.4 Å². The van der Waals surface area contributed by atoms with Gasteiger partial charge in [0.25, 0.3) is 0 Å². The second kappa shape index (κ2) is 11.2. The zero-order valence-electron chi connectivity index (χ0n) is 19.1. The highest BCUT2D eigenvalue weighted by Crippen LogP contribution is 2.34. The molecule has 0 fully saturated rings. The molecule has 32 heavy (non-hydrogen) atoms. The maximum absolute atomic E-state index is 12.4. The topological polar surface area (TPSA) is 111 Å². The van der Waals surface area contributed by atoms with Gasteiger partial charge in [0.15, 0.2) is 0 Å². The van der Waals surface area contributed by atoms with Crippen LogP contribution in [0.5, 0.6) is 0 Å². The van der Waals surface area contributed by atoms with Gasteiger partial charge >= 0.3 is 11.9 Å². The number of ether oxygens (including phenoxy) is 2. The number of carbonyl (C=O) groups excluding carboxylic acids is 4. The Morgan fingerprint density at radius 3 is 1.34 bits per heavy atom. The van der Waals surface area contributed by atoms with Gasteiger partial charge in [-0.15, -0.1) is 22.7 Å². The third-order valence-electron chi connectivity index (χ3n) is 4.81. The number of carbonyl (C=O) groups is 4. The van der Waals surface area contributed by atoms with E-state index < -0.39 is 23.8 Å². The van der Waals surface area contributed by atoms with Gasteiger partial charge in [-0.1, -0.05) is 0 Å². The molecule has 0 atom stereocenters. The van der Waals surface area contributed by atoms with E-state index in [-0.39, 0.29) is 26.1 Å². The number of nitrogens with one attached hydrogen (secondary N) is 2. The first-order chi connectivity index (χ1) is 15.1. The molecule has 2 rings (SSSR count). The maximum Gasteiger partial charge on any atom is 0.341 e. The summed E-state index contributed by atoms with van der Waals surface area (Å²) in [6, 6.07) is 0. The van der Waals surface area contributed by atoms with Crippen LogP contribution < -0.4 is 10.6 Å². The monoisotopic (exact) mass is 480 g/mol. The molecule has 0 aliphatic heterocycles. The van der Waals surface area contributed by atoms with Gasteiger partial charge in [0.2, 0.25) is 11.8 Å². The average Bonchev–Trinajstić information content (AvgIpc) is 3.15. The first kappa shape index (κ1) is 25.5. The van der Waals surface area contributed by atoms with E-state index in [4.69, 9.17) is 9.47 Å². The Hall–Kier alpha value is -2.72. The summed E-state index contributed by atoms with van der Waals surface area (Å²) in [4.78, 5) is 51.2. The minimum absolute atomic E-state index is 0.0812. The molecule has 0 radical (unpaired) electrons. The Bertz CT molecular complexity index is 956. The molecular weight excluding hydrogens is 452 g/mol. The number of rotatable bonds is 9. The van der Waals surface area contributed by atoms with Crippen LogP contribution in [0.25, 0.3) is 0 Å². The zero-order valence-corrected chi connectivity index (χ0v) is 20.7. The van der Waals surface area contributed by atoms with Crippen LogP contribution >= 0.6 is 22.7 Å². The predicted octanol–water partition coefficient (Wildman–Crippen LogP) is 4.75. The molecule has 0 saturated heterocycles. The largest absolute Gasteiger partial charge is 0.462 e. The molecule has 0 aliphatic rings. The van der Waals surface area contributed by atoms with Gasteiger partial charge in [0.1, 0.15) is 10.0 Å². The lowest BCUT2D eigenvalue weighted by Gasteiger charge is -2.08. The number of thiophene rings is 2. The van der Waals surface area contributed by atoms with Crippen LogP contribution in [0.2, 0.25) is 0 Å². The van der Waals surface area contributed by atoms with E-state index in [2.05, 4.69) is 10.6 Å². The Morgan fingerprint density at radius 1 is 0.688 bits per heavy atom. The molecule has 2 amide bonds. The quantitative estimate of drug-likeness (QED) is 0.501. The van der Waals surface area contributed by atoms with Crippen molar-refractivity contribution in [3.8, 4) is 0 Å². The highest BCUT2D eigenvalue weighted by Gasteiger charge is 2.24. The summed E-state index contributed by atoms with van der Waals surface area (Å²) >= 11 is 2.58. The van der Waals surface area contributed by atoms with Crippen LogP contribution in [0.15, 0.2) is 0 Å². The standard InChI is InChI=1S/C22H28N2O6S2/c1-7-29-21(27)17-11(3)13(5)31-19(17)23-15(25)9-10-16(26)24-20-18(22(28)30-8-2)12(4)14(6)32-20/h7-10H2,1-6H3,(H,23,25)(H,24,26). The van der Waals surface area contributed by atoms with Gasteiger partial charge in [0.05, 0.1) is 24.3 Å². The van der Waals surface area contributed by atoms with Crippen molar-refractivity contribution in [1.82, 2.24) is 0 Å². The fourth-order valence-corrected chi connectivity index (χ4v) is 5.06. The zero-order chi connectivity index (χ0) is 24.0. The number of anilines is 2. The van der Waals surface area contributed by atoms with Gasteiger partial charge in [-0.25, -0.2) is 9.59 Å². The normalized spacial score (nSPS) is 10.6. The predicted molar refractivity (Wildman–Crippen MR) is 126 cm³/mol. The van der Waals surface area contributed by atoms with Gasteiger partial charge < -0.3 is 20.1 Å². The van der Waals surface area contributed by atoms with E-state index in [9.17, 15) is 19.2 Å². The molecule has 2 heterocycles. The van der Waals surface area contributed by atoms with Gasteiger partial charge in [0, 0.05) is 22.6 Å². The second-order valence-corrected chi connectivity index (χ2v) is 9.46. The molecule has 8 nitrogen and oxygen atoms in total. The summed E-state index contributed by atoms with van der Waals surface area (Å²) < 4.78 is 10.2. The fraction of sp³-hybridized carbons (Fsp3) is 0.455. The lowest BCUT2D eigenvalue weighted by Crippen LogP contribution is -2.19. The Balaban J connectivity index is 2.03. The van der Waals surface area contributed by atoms with Crippen molar-refractivity contribution < 1.29 is 28.7 Å². The first-order valence-electron chi connectivity index (χ1n) is 10.2. The van der Waals surface area contributed by atoms with Gasteiger partial charge in [-0.05, 0) is 52.7 Å². The Kier molecular flexibility index (Phi) is 8.97. The molecule has 174 valence electrons. The van der Waals surface area contributed by atoms with Crippen molar-refractivity contribution in [2.45, 2.75) is 54.4 Å². The van der Waals surface area contributed by atoms with Crippen LogP contribution in [0.3, 0.4) is 0 Å². The van der Waals surface area contributed by atoms with Crippen LogP contribution in [-0.2, 0) is 19.1 Å². The molecule has 0 unspecified atom stereocenters. The SMILES string of the molecule is CCOC(=O)c1c(NC(=O)CCC(=O)Nc2sc(C)c(C)c2C(=O)OCC)sc(C)c1C. The van der Waals surface area contributed by atoms with E-state index in [0.717, 1.165) is 20.9 Å². The molecule has 0 saturated carbocycles. The minimum Gasteiger partial charge on any atom is -0.462 e. The highest BCUT2D eigenvalue weighted by molar-refractivity contribution is 7.17. The van der Waals surface area contributed by atoms with Crippen LogP contribution in [-0.4, -0.2) is 37.0 Å². The fourth-order valence-electron chi connectivity index (χ4n) is 2.93. The molecule has 0 aromatic carbocycles. The van der Waals surface area contributed by atoms with E-state index in [1.807, 2.05) is 13.8 Å². The Morgan fingerprint density at radius 2 is 1.03 bits per heavy atom. The Labute approximate surface area is 195 Å². The van der Waals surface area contributed by atoms with Crippen LogP contribution in [0.1, 0.15) is 68.3 Å². The second-order valence-electron chi connectivity index (χ2n) is 7.01. The number of esters is 2. The number of aryl methyl sites for hydroxylation is 2. The summed E-state index contributed by atoms with van der Waals surface area (Å²) in [5, 5.41) is 6.26. The third-order valence-corrected chi connectivity index (χ3v) is 7.06. The van der Waals surface area contributed by atoms with Crippen LogP contribution in [0.4, 0.5) is 10.0 Å². The molecule has 0 aliphatic carbocycles. The number of hydrogen-bond donors (Lipinski definition) is 2. The maximum atomic E-state index is 12.4. The van der Waals surface area contributed by atoms with Crippen molar-refractivity contribution in [2.75, 3.05) is 23.8 Å². The minimum atomic E-state index is -0.489. The van der Waals surface area contributed by atoms with E-state index >= 15 is 0 Å². The van der Waals surface area contributed by atoms with Gasteiger partial charge in [-0.3, -0.25) is 9.59 Å². The van der Waals surface area contributed by atoms with Crippen molar-refractivity contribution in [1.29, 1.82) is 0 Å². The summed E-state index contributed by atoms with van der Waals surface area (Å²) in [7, 11) is 0. The van der Waals surface area contributed by atoms with E-state index in [1.165, 1.54) is 22.7 Å². The smallest absolute Gasteiger partial charge is 0.341 e. The van der Waals surface area contributed by atoms with Crippen molar-refractivity contribution in [3.63, 3.8) is 0 Å². The summed E-state index contributed by atoms with van der Waals surface area (Å²) in [6.07, 6.45) is -0.162. The average molecular weight is 481 g/mol. The van der Waals surface area contributed by atoms with E-state index in [0.29, 0.717) is 21.1 Å². The third kappa shape index (κ3) is 5.95. The number of amides is 2. The lowest BCUT2D eigenvalue weighted by molar-refractivity contribution is -0.121. The van der Waals surface area contributed by atoms with Crippen molar-refractivity contribution in [2.24, 2.45) is 0 Å². The summed E-state index contributed by atoms with van der Waals surface area (Å²) in [5.41, 5.74) is 2.21. The molecule has 2 aromatic rings. The summed E-state index contributed by atoms with van der Waals surface area (Å²) in [5.74, 6) is -1.76. The summed E-state index contributed by atoms with van der Waals surface area (Å²) in [6.45, 7) is 11.2. The highest BCUT2D eigenvalue weighted by atomic mass is 32.1. The molecule has 10 heteroatoms. The molecule has 0 spiro atoms. The molecular formula is C22H28N2O6S2. The lowest BCUT2D eigenvalue weighted by atomic mass is 10.1. The molecule has 2 N–H and O–H groups in total. The van der Waals surface area contributed by atoms with Crippen molar-refractivity contribution in [3.05, 3.63) is 32.0 Å². The number of hydrogen-bond acceptors (Lipinski definition) is 8. The molecule has 2 aromatic heterocycles.